The summed E-state index contributed by atoms with van der Waals surface area (Å²) in [6.07, 6.45) is -0.257. The second-order valence-electron chi connectivity index (χ2n) is 8.16. The highest BCUT2D eigenvalue weighted by atomic mass is 35.5. The van der Waals surface area contributed by atoms with Crippen LogP contribution in [0.2, 0.25) is 0 Å². The lowest BCUT2D eigenvalue weighted by molar-refractivity contribution is 0.134. The van der Waals surface area contributed by atoms with Crippen LogP contribution >= 0.6 is 23.2 Å². The molecule has 0 radical (unpaired) electrons. The van der Waals surface area contributed by atoms with Crippen LogP contribution in [0.1, 0.15) is 29.0 Å². The maximum absolute atomic E-state index is 6.51. The first-order valence-corrected chi connectivity index (χ1v) is 12.3. The number of halogens is 2. The van der Waals surface area contributed by atoms with Crippen LogP contribution in [0.4, 0.5) is 5.69 Å². The lowest BCUT2D eigenvalue weighted by Gasteiger charge is -2.35. The van der Waals surface area contributed by atoms with Gasteiger partial charge in [0.1, 0.15) is 5.75 Å². The molecule has 4 aromatic carbocycles. The van der Waals surface area contributed by atoms with Crippen molar-refractivity contribution in [2.75, 3.05) is 29.7 Å². The SMILES string of the molecule is ClCCN(CCCl)c1ccc([C@H]2N[C@@H](c3ccccc3)c3c(ccc4ccccc34)O2)cc1. The Kier molecular flexibility index (Phi) is 6.73. The second kappa shape index (κ2) is 10.0. The van der Waals surface area contributed by atoms with E-state index >= 15 is 0 Å². The number of benzene rings is 4. The highest BCUT2D eigenvalue weighted by Gasteiger charge is 2.31. The number of hydrogen-bond acceptors (Lipinski definition) is 3. The monoisotopic (exact) mass is 476 g/mol. The fourth-order valence-electron chi connectivity index (χ4n) is 4.58. The second-order valence-corrected chi connectivity index (χ2v) is 8.92. The minimum absolute atomic E-state index is 0.0229. The first-order valence-electron chi connectivity index (χ1n) is 11.2. The Morgan fingerprint density at radius 1 is 0.727 bits per heavy atom. The van der Waals surface area contributed by atoms with Gasteiger partial charge in [0.25, 0.3) is 0 Å². The summed E-state index contributed by atoms with van der Waals surface area (Å²) < 4.78 is 6.51. The first kappa shape index (κ1) is 22.1. The molecule has 0 amide bonds. The zero-order chi connectivity index (χ0) is 22.6. The highest BCUT2D eigenvalue weighted by molar-refractivity contribution is 6.18. The normalized spacial score (nSPS) is 17.4. The number of hydrogen-bond donors (Lipinski definition) is 1. The molecule has 3 nitrogen and oxygen atoms in total. The molecule has 0 fully saturated rings. The van der Waals surface area contributed by atoms with Gasteiger partial charge in [-0.05, 0) is 34.5 Å². The molecule has 0 saturated carbocycles. The molecule has 2 atom stereocenters. The average Bonchev–Trinajstić information content (AvgIpc) is 2.88. The van der Waals surface area contributed by atoms with Gasteiger partial charge in [-0.3, -0.25) is 5.32 Å². The quantitative estimate of drug-likeness (QED) is 0.293. The smallest absolute Gasteiger partial charge is 0.177 e. The molecule has 5 heteroatoms. The van der Waals surface area contributed by atoms with E-state index in [9.17, 15) is 0 Å². The number of alkyl halides is 2. The summed E-state index contributed by atoms with van der Waals surface area (Å²) in [5.74, 6) is 2.05. The Bertz CT molecular complexity index is 1210. The Balaban J connectivity index is 1.52. The van der Waals surface area contributed by atoms with Gasteiger partial charge < -0.3 is 9.64 Å². The molecule has 1 N–H and O–H groups in total. The van der Waals surface area contributed by atoms with Crippen LogP contribution in [-0.4, -0.2) is 24.8 Å². The van der Waals surface area contributed by atoms with Crippen LogP contribution in [0, 0.1) is 0 Å². The van der Waals surface area contributed by atoms with Gasteiger partial charge in [0, 0.05) is 41.7 Å². The van der Waals surface area contributed by atoms with E-state index in [0.717, 1.165) is 30.1 Å². The van der Waals surface area contributed by atoms with Crippen molar-refractivity contribution in [2.24, 2.45) is 0 Å². The predicted octanol–water partition coefficient (Wildman–Crippen LogP) is 6.89. The van der Waals surface area contributed by atoms with Crippen LogP contribution in [0.15, 0.2) is 91.0 Å². The zero-order valence-electron chi connectivity index (χ0n) is 18.3. The van der Waals surface area contributed by atoms with Crippen molar-refractivity contribution < 1.29 is 4.74 Å². The van der Waals surface area contributed by atoms with Crippen molar-refractivity contribution in [1.82, 2.24) is 5.32 Å². The molecule has 4 aromatic rings. The molecule has 0 aromatic heterocycles. The lowest BCUT2D eigenvalue weighted by atomic mass is 9.91. The number of anilines is 1. The topological polar surface area (TPSA) is 24.5 Å². The highest BCUT2D eigenvalue weighted by Crippen LogP contribution is 2.42. The molecule has 5 rings (SSSR count). The summed E-state index contributed by atoms with van der Waals surface area (Å²) in [6.45, 7) is 1.53. The van der Waals surface area contributed by atoms with Crippen molar-refractivity contribution in [2.45, 2.75) is 12.3 Å². The molecular weight excluding hydrogens is 451 g/mol. The molecule has 0 saturated heterocycles. The van der Waals surface area contributed by atoms with Gasteiger partial charge in [0.05, 0.1) is 6.04 Å². The van der Waals surface area contributed by atoms with Gasteiger partial charge in [-0.1, -0.05) is 72.8 Å². The maximum atomic E-state index is 6.51. The molecule has 0 aliphatic carbocycles. The van der Waals surface area contributed by atoms with Crippen LogP contribution in [0.5, 0.6) is 5.75 Å². The van der Waals surface area contributed by atoms with Crippen molar-refractivity contribution >= 4 is 39.7 Å². The molecule has 1 heterocycles. The Morgan fingerprint density at radius 2 is 1.42 bits per heavy atom. The summed E-state index contributed by atoms with van der Waals surface area (Å²) in [5, 5.41) is 6.18. The van der Waals surface area contributed by atoms with Gasteiger partial charge in [-0.25, -0.2) is 0 Å². The van der Waals surface area contributed by atoms with Crippen LogP contribution in [0.25, 0.3) is 10.8 Å². The van der Waals surface area contributed by atoms with E-state index in [1.807, 2.05) is 0 Å². The van der Waals surface area contributed by atoms with Gasteiger partial charge in [0.15, 0.2) is 6.23 Å². The Labute approximate surface area is 204 Å². The first-order chi connectivity index (χ1) is 16.3. The molecule has 168 valence electrons. The van der Waals surface area contributed by atoms with Gasteiger partial charge in [-0.15, -0.1) is 23.2 Å². The van der Waals surface area contributed by atoms with Crippen molar-refractivity contribution in [1.29, 1.82) is 0 Å². The van der Waals surface area contributed by atoms with Crippen molar-refractivity contribution in [3.05, 3.63) is 108 Å². The minimum Gasteiger partial charge on any atom is -0.471 e. The fraction of sp³-hybridized carbons (Fsp3) is 0.214. The Morgan fingerprint density at radius 3 is 2.15 bits per heavy atom. The van der Waals surface area contributed by atoms with E-state index in [4.69, 9.17) is 27.9 Å². The largest absolute Gasteiger partial charge is 0.471 e. The number of nitrogens with one attached hydrogen (secondary N) is 1. The van der Waals surface area contributed by atoms with Crippen molar-refractivity contribution in [3.8, 4) is 5.75 Å². The summed E-state index contributed by atoms with van der Waals surface area (Å²) in [5.41, 5.74) is 4.59. The molecule has 1 aliphatic rings. The third-order valence-electron chi connectivity index (χ3n) is 6.18. The van der Waals surface area contributed by atoms with Crippen LogP contribution < -0.4 is 15.0 Å². The van der Waals surface area contributed by atoms with Gasteiger partial charge >= 0.3 is 0 Å². The van der Waals surface area contributed by atoms with E-state index < -0.39 is 0 Å². The van der Waals surface area contributed by atoms with Crippen LogP contribution in [-0.2, 0) is 0 Å². The number of ether oxygens (including phenoxy) is 1. The molecular formula is C28H26Cl2N2O. The third kappa shape index (κ3) is 4.54. The molecule has 33 heavy (non-hydrogen) atoms. The van der Waals surface area contributed by atoms with Crippen molar-refractivity contribution in [3.63, 3.8) is 0 Å². The molecule has 1 aliphatic heterocycles. The number of fused-ring (bicyclic) bond motifs is 3. The summed E-state index contributed by atoms with van der Waals surface area (Å²) in [6, 6.07) is 31.8. The van der Waals surface area contributed by atoms with Crippen LogP contribution in [0.3, 0.4) is 0 Å². The summed E-state index contributed by atoms with van der Waals surface area (Å²) >= 11 is 12.0. The zero-order valence-corrected chi connectivity index (χ0v) is 19.8. The third-order valence-corrected chi connectivity index (χ3v) is 6.52. The van der Waals surface area contributed by atoms with E-state index in [2.05, 4.69) is 101 Å². The van der Waals surface area contributed by atoms with E-state index in [0.29, 0.717) is 11.8 Å². The molecule has 0 unspecified atom stereocenters. The van der Waals surface area contributed by atoms with E-state index in [1.54, 1.807) is 0 Å². The van der Waals surface area contributed by atoms with E-state index in [1.165, 1.54) is 21.9 Å². The Hall–Kier alpha value is -2.72. The van der Waals surface area contributed by atoms with Gasteiger partial charge in [-0.2, -0.15) is 0 Å². The van der Waals surface area contributed by atoms with E-state index in [-0.39, 0.29) is 12.3 Å². The van der Waals surface area contributed by atoms with Gasteiger partial charge in [0.2, 0.25) is 0 Å². The number of rotatable bonds is 7. The number of nitrogens with zero attached hydrogens (tertiary/aromatic N) is 1. The summed E-state index contributed by atoms with van der Waals surface area (Å²) in [4.78, 5) is 2.20. The predicted molar refractivity (Wildman–Crippen MR) is 139 cm³/mol. The standard InChI is InChI=1S/C28H26Cl2N2O/c29-16-18-32(19-17-30)23-13-10-22(11-14-23)28-31-27(21-7-2-1-3-8-21)26-24-9-5-4-6-20(24)12-15-25(26)33-28/h1-15,27-28,31H,16-19H2/t27-,28-/m0/s1. The maximum Gasteiger partial charge on any atom is 0.177 e. The molecule has 0 bridgehead atoms. The fourth-order valence-corrected chi connectivity index (χ4v) is 4.99. The average molecular weight is 477 g/mol. The minimum atomic E-state index is -0.257. The molecule has 0 spiro atoms. The lowest BCUT2D eigenvalue weighted by Crippen LogP contribution is -2.35. The summed E-state index contributed by atoms with van der Waals surface area (Å²) in [7, 11) is 0.